The normalized spacial score (nSPS) is 11.9. The number of aryl methyl sites for hydroxylation is 1. The second kappa shape index (κ2) is 7.58. The van der Waals surface area contributed by atoms with Crippen LogP contribution in [0.2, 0.25) is 0 Å². The Balaban J connectivity index is 2.04. The highest BCUT2D eigenvalue weighted by atomic mass is 19.3. The van der Waals surface area contributed by atoms with Gasteiger partial charge in [0.15, 0.2) is 6.10 Å². The topological polar surface area (TPSA) is 47.6 Å². The highest BCUT2D eigenvalue weighted by Gasteiger charge is 2.17. The van der Waals surface area contributed by atoms with E-state index in [0.717, 1.165) is 5.56 Å². The number of hydrogen-bond donors (Lipinski definition) is 1. The fraction of sp³-hybridized carbons (Fsp3) is 0.235. The van der Waals surface area contributed by atoms with Gasteiger partial charge in [-0.1, -0.05) is 24.3 Å². The van der Waals surface area contributed by atoms with Crippen LogP contribution in [0.15, 0.2) is 48.5 Å². The van der Waals surface area contributed by atoms with Gasteiger partial charge < -0.3 is 14.8 Å². The summed E-state index contributed by atoms with van der Waals surface area (Å²) in [6.07, 6.45) is -0.795. The molecule has 4 nitrogen and oxygen atoms in total. The molecule has 0 radical (unpaired) electrons. The number of carbonyl (C=O) groups excluding carboxylic acids is 1. The number of alkyl halides is 2. The van der Waals surface area contributed by atoms with E-state index < -0.39 is 18.6 Å². The minimum atomic E-state index is -2.96. The lowest BCUT2D eigenvalue weighted by Crippen LogP contribution is -2.30. The monoisotopic (exact) mass is 321 g/mol. The molecule has 0 aliphatic carbocycles. The fourth-order valence-corrected chi connectivity index (χ4v) is 1.95. The maximum atomic E-state index is 12.4. The van der Waals surface area contributed by atoms with Crippen LogP contribution < -0.4 is 14.8 Å². The number of nitrogens with one attached hydrogen (secondary N) is 1. The van der Waals surface area contributed by atoms with Crippen molar-refractivity contribution < 1.29 is 23.0 Å². The summed E-state index contributed by atoms with van der Waals surface area (Å²) in [6.45, 7) is 0.526. The number of benzene rings is 2. The molecule has 0 aliphatic heterocycles. The summed E-state index contributed by atoms with van der Waals surface area (Å²) >= 11 is 0. The van der Waals surface area contributed by atoms with Gasteiger partial charge in [-0.15, -0.1) is 0 Å². The molecule has 2 aromatic carbocycles. The van der Waals surface area contributed by atoms with E-state index in [0.29, 0.717) is 5.75 Å². The molecule has 2 rings (SSSR count). The predicted molar refractivity (Wildman–Crippen MR) is 83.0 cm³/mol. The van der Waals surface area contributed by atoms with Crippen LogP contribution in [-0.2, 0) is 4.79 Å². The Bertz CT molecular complexity index is 676. The van der Waals surface area contributed by atoms with Crippen LogP contribution in [0.1, 0.15) is 12.5 Å². The Morgan fingerprint density at radius 2 is 1.83 bits per heavy atom. The largest absolute Gasteiger partial charge is 0.481 e. The second-order valence-electron chi connectivity index (χ2n) is 4.94. The first-order valence-corrected chi connectivity index (χ1v) is 7.03. The van der Waals surface area contributed by atoms with Gasteiger partial charge in [0.05, 0.1) is 5.69 Å². The van der Waals surface area contributed by atoms with Crippen LogP contribution in [-0.4, -0.2) is 18.6 Å². The minimum Gasteiger partial charge on any atom is -0.481 e. The van der Waals surface area contributed by atoms with Gasteiger partial charge in [0, 0.05) is 0 Å². The van der Waals surface area contributed by atoms with Gasteiger partial charge >= 0.3 is 6.61 Å². The van der Waals surface area contributed by atoms with Gasteiger partial charge in [-0.25, -0.2) is 0 Å². The van der Waals surface area contributed by atoms with E-state index >= 15 is 0 Å². The Labute approximate surface area is 133 Å². The zero-order valence-electron chi connectivity index (χ0n) is 12.8. The Morgan fingerprint density at radius 3 is 2.52 bits per heavy atom. The van der Waals surface area contributed by atoms with Gasteiger partial charge in [-0.3, -0.25) is 4.79 Å². The number of rotatable bonds is 6. The van der Waals surface area contributed by atoms with Crippen molar-refractivity contribution in [1.82, 2.24) is 0 Å². The van der Waals surface area contributed by atoms with Crippen LogP contribution in [0.5, 0.6) is 11.5 Å². The Morgan fingerprint density at radius 1 is 1.09 bits per heavy atom. The van der Waals surface area contributed by atoms with Gasteiger partial charge in [-0.05, 0) is 43.7 Å². The molecule has 23 heavy (non-hydrogen) atoms. The first-order chi connectivity index (χ1) is 11.0. The van der Waals surface area contributed by atoms with E-state index in [-0.39, 0.29) is 11.4 Å². The highest BCUT2D eigenvalue weighted by Crippen LogP contribution is 2.26. The average molecular weight is 321 g/mol. The molecule has 0 fully saturated rings. The van der Waals surface area contributed by atoms with E-state index in [1.807, 2.05) is 19.1 Å². The number of amides is 1. The number of ether oxygens (including phenoxy) is 2. The van der Waals surface area contributed by atoms with Gasteiger partial charge in [0.2, 0.25) is 0 Å². The third-order valence-corrected chi connectivity index (χ3v) is 3.03. The maximum absolute atomic E-state index is 12.4. The number of hydrogen-bond acceptors (Lipinski definition) is 3. The fourth-order valence-electron chi connectivity index (χ4n) is 1.95. The predicted octanol–water partition coefficient (Wildman–Crippen LogP) is 4.00. The molecule has 0 saturated heterocycles. The Hall–Kier alpha value is -2.63. The molecule has 122 valence electrons. The molecule has 0 aromatic heterocycles. The zero-order valence-corrected chi connectivity index (χ0v) is 12.8. The lowest BCUT2D eigenvalue weighted by molar-refractivity contribution is -0.122. The van der Waals surface area contributed by atoms with Crippen LogP contribution in [0.25, 0.3) is 0 Å². The molecular weight excluding hydrogens is 304 g/mol. The Kier molecular flexibility index (Phi) is 5.51. The molecular formula is C17H17F2NO3. The lowest BCUT2D eigenvalue weighted by atomic mass is 10.2. The van der Waals surface area contributed by atoms with Crippen LogP contribution >= 0.6 is 0 Å². The molecule has 0 unspecified atom stereocenters. The number of anilines is 1. The summed E-state index contributed by atoms with van der Waals surface area (Å²) in [7, 11) is 0. The zero-order chi connectivity index (χ0) is 16.8. The molecule has 0 bridgehead atoms. The van der Waals surface area contributed by atoms with Crippen molar-refractivity contribution >= 4 is 11.6 Å². The number of halogens is 2. The van der Waals surface area contributed by atoms with Crippen molar-refractivity contribution in [1.29, 1.82) is 0 Å². The summed E-state index contributed by atoms with van der Waals surface area (Å²) < 4.78 is 34.6. The van der Waals surface area contributed by atoms with Crippen LogP contribution in [0.4, 0.5) is 14.5 Å². The quantitative estimate of drug-likeness (QED) is 0.875. The summed E-state index contributed by atoms with van der Waals surface area (Å²) in [5.74, 6) is 0.000179. The lowest BCUT2D eigenvalue weighted by Gasteiger charge is -2.16. The van der Waals surface area contributed by atoms with Crippen molar-refractivity contribution in [2.24, 2.45) is 0 Å². The summed E-state index contributed by atoms with van der Waals surface area (Å²) in [6, 6.07) is 13.3. The smallest absolute Gasteiger partial charge is 0.387 e. The molecule has 0 aliphatic rings. The number of para-hydroxylation sites is 2. The first kappa shape index (κ1) is 16.7. The molecule has 6 heteroatoms. The van der Waals surface area contributed by atoms with Crippen molar-refractivity contribution in [2.75, 3.05) is 5.32 Å². The van der Waals surface area contributed by atoms with Crippen molar-refractivity contribution in [2.45, 2.75) is 26.6 Å². The third-order valence-electron chi connectivity index (χ3n) is 3.03. The molecule has 0 saturated carbocycles. The highest BCUT2D eigenvalue weighted by molar-refractivity contribution is 5.95. The summed E-state index contributed by atoms with van der Waals surface area (Å²) in [4.78, 5) is 12.2. The van der Waals surface area contributed by atoms with Gasteiger partial charge in [0.1, 0.15) is 11.5 Å². The molecule has 0 spiro atoms. The van der Waals surface area contributed by atoms with E-state index in [9.17, 15) is 13.6 Å². The summed E-state index contributed by atoms with van der Waals surface area (Å²) in [5.41, 5.74) is 1.17. The third kappa shape index (κ3) is 4.95. The maximum Gasteiger partial charge on any atom is 0.387 e. The van der Waals surface area contributed by atoms with Crippen molar-refractivity contribution in [3.05, 3.63) is 54.1 Å². The van der Waals surface area contributed by atoms with E-state index in [1.54, 1.807) is 31.2 Å². The van der Waals surface area contributed by atoms with Crippen LogP contribution in [0, 0.1) is 6.92 Å². The van der Waals surface area contributed by atoms with Crippen molar-refractivity contribution in [3.63, 3.8) is 0 Å². The number of carbonyl (C=O) groups is 1. The minimum absolute atomic E-state index is 0.0985. The van der Waals surface area contributed by atoms with Gasteiger partial charge in [0.25, 0.3) is 5.91 Å². The molecule has 1 amide bonds. The molecule has 2 aromatic rings. The van der Waals surface area contributed by atoms with Crippen LogP contribution in [0.3, 0.4) is 0 Å². The van der Waals surface area contributed by atoms with Crippen molar-refractivity contribution in [3.8, 4) is 11.5 Å². The van der Waals surface area contributed by atoms with E-state index in [1.165, 1.54) is 12.1 Å². The SMILES string of the molecule is Cc1cccc(O[C@@H](C)C(=O)Nc2ccccc2OC(F)F)c1. The van der Waals surface area contributed by atoms with E-state index in [2.05, 4.69) is 10.1 Å². The summed E-state index contributed by atoms with van der Waals surface area (Å²) in [5, 5.41) is 2.53. The second-order valence-corrected chi connectivity index (χ2v) is 4.94. The first-order valence-electron chi connectivity index (χ1n) is 7.03. The molecule has 1 N–H and O–H groups in total. The average Bonchev–Trinajstić information content (AvgIpc) is 2.48. The van der Waals surface area contributed by atoms with E-state index in [4.69, 9.17) is 4.74 Å². The molecule has 1 atom stereocenters. The standard InChI is InChI=1S/C17H17F2NO3/c1-11-6-5-7-13(10-11)22-12(2)16(21)20-14-8-3-4-9-15(14)23-17(18)19/h3-10,12,17H,1-2H3,(H,20,21)/t12-/m0/s1. The van der Waals surface area contributed by atoms with Gasteiger partial charge in [-0.2, -0.15) is 8.78 Å². The molecule has 0 heterocycles.